The van der Waals surface area contributed by atoms with Crippen LogP contribution in [0.3, 0.4) is 0 Å². The molecule has 0 aliphatic rings. The van der Waals surface area contributed by atoms with E-state index >= 15 is 0 Å². The summed E-state index contributed by atoms with van der Waals surface area (Å²) in [4.78, 5) is 0. The van der Waals surface area contributed by atoms with Gasteiger partial charge < -0.3 is 0 Å². The van der Waals surface area contributed by atoms with Gasteiger partial charge in [0.2, 0.25) is 0 Å². The molecule has 0 saturated heterocycles. The first-order valence-electron chi connectivity index (χ1n) is 4.76. The van der Waals surface area contributed by atoms with Crippen molar-refractivity contribution in [2.45, 2.75) is 33.1 Å². The summed E-state index contributed by atoms with van der Waals surface area (Å²) in [7, 11) is 0. The predicted octanol–water partition coefficient (Wildman–Crippen LogP) is 3.46. The Bertz CT molecular complexity index is 353. The van der Waals surface area contributed by atoms with E-state index < -0.39 is 0 Å². The summed E-state index contributed by atoms with van der Waals surface area (Å²) in [5, 5.41) is 8.89. The summed E-state index contributed by atoms with van der Waals surface area (Å²) >= 11 is 0. The summed E-state index contributed by atoms with van der Waals surface area (Å²) < 4.78 is 13.3. The highest BCUT2D eigenvalue weighted by atomic mass is 19.1. The predicted molar refractivity (Wildman–Crippen MR) is 54.5 cm³/mol. The Morgan fingerprint density at radius 2 is 1.86 bits per heavy atom. The van der Waals surface area contributed by atoms with Gasteiger partial charge in [0.05, 0.1) is 12.0 Å². The van der Waals surface area contributed by atoms with Crippen molar-refractivity contribution < 1.29 is 4.39 Å². The minimum atomic E-state index is -0.165. The second-order valence-electron chi connectivity index (χ2n) is 3.56. The molecule has 2 heteroatoms. The fourth-order valence-corrected chi connectivity index (χ4v) is 1.58. The molecule has 0 radical (unpaired) electrons. The monoisotopic (exact) mass is 191 g/mol. The Labute approximate surface area is 84.2 Å². The molecule has 14 heavy (non-hydrogen) atoms. The summed E-state index contributed by atoms with van der Waals surface area (Å²) in [6.45, 7) is 5.42. The molecule has 0 aliphatic carbocycles. The Morgan fingerprint density at radius 3 is 2.21 bits per heavy atom. The lowest BCUT2D eigenvalue weighted by molar-refractivity contribution is 0.607. The van der Waals surface area contributed by atoms with Crippen LogP contribution in [-0.2, 0) is 0 Å². The first kappa shape index (κ1) is 10.7. The molecule has 1 rings (SSSR count). The molecule has 0 heterocycles. The van der Waals surface area contributed by atoms with Crippen LogP contribution in [-0.4, -0.2) is 0 Å². The van der Waals surface area contributed by atoms with Gasteiger partial charge in [0.25, 0.3) is 0 Å². The minimum Gasteiger partial charge on any atom is -0.206 e. The number of rotatable bonds is 2. The zero-order valence-electron chi connectivity index (χ0n) is 8.76. The smallest absolute Gasteiger partial charge is 0.129 e. The molecule has 1 aromatic carbocycles. The second-order valence-corrected chi connectivity index (χ2v) is 3.56. The van der Waals surface area contributed by atoms with E-state index in [2.05, 4.69) is 6.07 Å². The average Bonchev–Trinajstić information content (AvgIpc) is 2.16. The van der Waals surface area contributed by atoms with Crippen molar-refractivity contribution in [1.29, 1.82) is 5.26 Å². The molecule has 0 amide bonds. The third-order valence-corrected chi connectivity index (χ3v) is 2.43. The third kappa shape index (κ3) is 1.93. The molecule has 0 aromatic heterocycles. The molecule has 74 valence electrons. The van der Waals surface area contributed by atoms with Crippen LogP contribution in [0.25, 0.3) is 0 Å². The van der Waals surface area contributed by atoms with Crippen molar-refractivity contribution in [3.8, 4) is 6.07 Å². The molecule has 0 saturated carbocycles. The molecule has 0 N–H and O–H groups in total. The van der Waals surface area contributed by atoms with Gasteiger partial charge in [-0.25, -0.2) is 4.39 Å². The third-order valence-electron chi connectivity index (χ3n) is 2.43. The van der Waals surface area contributed by atoms with Gasteiger partial charge in [0, 0.05) is 0 Å². The molecule has 1 atom stereocenters. The van der Waals surface area contributed by atoms with Crippen LogP contribution in [0.4, 0.5) is 4.39 Å². The van der Waals surface area contributed by atoms with Gasteiger partial charge in [0.1, 0.15) is 5.82 Å². The number of nitrogens with zero attached hydrogens (tertiary/aromatic N) is 1. The van der Waals surface area contributed by atoms with E-state index in [0.717, 1.165) is 12.0 Å². The van der Waals surface area contributed by atoms with Crippen molar-refractivity contribution >= 4 is 0 Å². The quantitative estimate of drug-likeness (QED) is 0.702. The van der Waals surface area contributed by atoms with Crippen LogP contribution in [0.1, 0.15) is 36.0 Å². The minimum absolute atomic E-state index is 0.118. The summed E-state index contributed by atoms with van der Waals surface area (Å²) in [5.74, 6) is -0.283. The number of nitriles is 1. The fraction of sp³-hybridized carbons (Fsp3) is 0.417. The first-order valence-corrected chi connectivity index (χ1v) is 4.76. The van der Waals surface area contributed by atoms with E-state index in [0.29, 0.717) is 11.1 Å². The zero-order valence-corrected chi connectivity index (χ0v) is 8.76. The first-order chi connectivity index (χ1) is 6.60. The lowest BCUT2D eigenvalue weighted by Crippen LogP contribution is -1.98. The fourth-order valence-electron chi connectivity index (χ4n) is 1.58. The molecule has 1 unspecified atom stereocenters. The van der Waals surface area contributed by atoms with E-state index in [1.807, 2.05) is 6.92 Å². The average molecular weight is 191 g/mol. The number of aryl methyl sites for hydroxylation is 2. The highest BCUT2D eigenvalue weighted by Crippen LogP contribution is 2.23. The molecule has 0 aliphatic heterocycles. The number of hydrogen-bond donors (Lipinski definition) is 0. The lowest BCUT2D eigenvalue weighted by Gasteiger charge is -2.09. The van der Waals surface area contributed by atoms with E-state index in [1.54, 1.807) is 26.0 Å². The molecule has 0 spiro atoms. The lowest BCUT2D eigenvalue weighted by atomic mass is 9.94. The highest BCUT2D eigenvalue weighted by Gasteiger charge is 2.11. The van der Waals surface area contributed by atoms with Crippen molar-refractivity contribution in [1.82, 2.24) is 0 Å². The van der Waals surface area contributed by atoms with Crippen molar-refractivity contribution in [2.24, 2.45) is 0 Å². The maximum Gasteiger partial charge on any atom is 0.129 e. The maximum absolute atomic E-state index is 13.3. The van der Waals surface area contributed by atoms with Crippen LogP contribution in [0, 0.1) is 31.0 Å². The number of halogens is 1. The Hall–Kier alpha value is -1.36. The van der Waals surface area contributed by atoms with E-state index in [-0.39, 0.29) is 11.7 Å². The van der Waals surface area contributed by atoms with Crippen LogP contribution in [0.5, 0.6) is 0 Å². The Balaban J connectivity index is 3.19. The van der Waals surface area contributed by atoms with Crippen LogP contribution in [0.15, 0.2) is 12.1 Å². The molecular weight excluding hydrogens is 177 g/mol. The SMILES string of the molecule is CCC(C#N)c1cc(C)c(F)c(C)c1. The maximum atomic E-state index is 13.3. The van der Waals surface area contributed by atoms with E-state index in [4.69, 9.17) is 5.26 Å². The Morgan fingerprint density at radius 1 is 1.36 bits per heavy atom. The second kappa shape index (κ2) is 4.23. The number of hydrogen-bond acceptors (Lipinski definition) is 1. The molecule has 0 fully saturated rings. The van der Waals surface area contributed by atoms with Crippen LogP contribution < -0.4 is 0 Å². The summed E-state index contributed by atoms with van der Waals surface area (Å²) in [6.07, 6.45) is 0.765. The van der Waals surface area contributed by atoms with E-state index in [9.17, 15) is 4.39 Å². The summed E-state index contributed by atoms with van der Waals surface area (Å²) in [6, 6.07) is 5.75. The van der Waals surface area contributed by atoms with Gasteiger partial charge in [-0.05, 0) is 37.0 Å². The topological polar surface area (TPSA) is 23.8 Å². The van der Waals surface area contributed by atoms with Gasteiger partial charge in [0.15, 0.2) is 0 Å². The Kier molecular flexibility index (Phi) is 3.24. The van der Waals surface area contributed by atoms with Gasteiger partial charge in [-0.15, -0.1) is 0 Å². The zero-order chi connectivity index (χ0) is 10.7. The van der Waals surface area contributed by atoms with Gasteiger partial charge in [-0.1, -0.05) is 19.1 Å². The van der Waals surface area contributed by atoms with Gasteiger partial charge in [-0.3, -0.25) is 0 Å². The molecule has 1 aromatic rings. The normalized spacial score (nSPS) is 12.2. The molecular formula is C12H14FN. The van der Waals surface area contributed by atoms with Crippen LogP contribution in [0.2, 0.25) is 0 Å². The summed E-state index contributed by atoms with van der Waals surface area (Å²) in [5.41, 5.74) is 2.16. The highest BCUT2D eigenvalue weighted by molar-refractivity contribution is 5.34. The van der Waals surface area contributed by atoms with Crippen molar-refractivity contribution in [3.63, 3.8) is 0 Å². The molecule has 0 bridgehead atoms. The largest absolute Gasteiger partial charge is 0.206 e. The van der Waals surface area contributed by atoms with Gasteiger partial charge >= 0.3 is 0 Å². The van der Waals surface area contributed by atoms with Crippen molar-refractivity contribution in [2.75, 3.05) is 0 Å². The van der Waals surface area contributed by atoms with Gasteiger partial charge in [-0.2, -0.15) is 5.26 Å². The van der Waals surface area contributed by atoms with E-state index in [1.165, 1.54) is 0 Å². The standard InChI is InChI=1S/C12H14FN/c1-4-10(7-14)11-5-8(2)12(13)9(3)6-11/h5-6,10H,4H2,1-3H3. The van der Waals surface area contributed by atoms with Crippen molar-refractivity contribution in [3.05, 3.63) is 34.6 Å². The number of benzene rings is 1. The van der Waals surface area contributed by atoms with Crippen LogP contribution >= 0.6 is 0 Å². The molecule has 1 nitrogen and oxygen atoms in total.